The van der Waals surface area contributed by atoms with E-state index >= 15 is 4.39 Å². The number of para-hydroxylation sites is 3. The average molecular weight is 642 g/mol. The van der Waals surface area contributed by atoms with Crippen LogP contribution >= 0.6 is 0 Å². The van der Waals surface area contributed by atoms with Crippen LogP contribution in [-0.2, 0) is 31.3 Å². The van der Waals surface area contributed by atoms with E-state index in [0.717, 1.165) is 18.4 Å². The Hall–Kier alpha value is -4.28. The molecule has 4 heterocycles. The third-order valence-electron chi connectivity index (χ3n) is 10.4. The summed E-state index contributed by atoms with van der Waals surface area (Å²) >= 11 is 0. The lowest BCUT2D eigenvalue weighted by molar-refractivity contribution is -0.150. The van der Waals surface area contributed by atoms with E-state index in [4.69, 9.17) is 9.47 Å². The molecule has 0 saturated carbocycles. The van der Waals surface area contributed by atoms with Gasteiger partial charge in [-0.25, -0.2) is 4.39 Å². The molecule has 0 aromatic heterocycles. The summed E-state index contributed by atoms with van der Waals surface area (Å²) in [6, 6.07) is 22.1. The summed E-state index contributed by atoms with van der Waals surface area (Å²) in [4.78, 5) is 46.0. The van der Waals surface area contributed by atoms with Crippen molar-refractivity contribution in [2.24, 2.45) is 11.8 Å². The maximum absolute atomic E-state index is 16.1. The summed E-state index contributed by atoms with van der Waals surface area (Å²) < 4.78 is 28.4. The molecule has 246 valence electrons. The van der Waals surface area contributed by atoms with E-state index in [2.05, 4.69) is 0 Å². The van der Waals surface area contributed by atoms with Gasteiger partial charge in [0.25, 0.3) is 11.8 Å². The SMILES string of the molecule is C[C@H]1[C@H](C(C)(C)F)[C@@H](CC(=O)N2CCC[C@H]2CO)O[C@]12C(=O)N(Cc1ccc(N3C(=O)COc4ccccc43)cc1)c1ccccc12. The first kappa shape index (κ1) is 31.3. The van der Waals surface area contributed by atoms with E-state index in [-0.39, 0.29) is 49.9 Å². The van der Waals surface area contributed by atoms with Gasteiger partial charge in [-0.2, -0.15) is 0 Å². The van der Waals surface area contributed by atoms with Crippen LogP contribution in [0.4, 0.5) is 21.5 Å². The Morgan fingerprint density at radius 1 is 1.02 bits per heavy atom. The molecule has 5 atom stereocenters. The highest BCUT2D eigenvalue weighted by Gasteiger charge is 2.66. The molecule has 3 aromatic rings. The average Bonchev–Trinajstić information content (AvgIpc) is 3.72. The maximum Gasteiger partial charge on any atom is 0.269 e. The van der Waals surface area contributed by atoms with Crippen LogP contribution in [0.1, 0.15) is 51.2 Å². The Morgan fingerprint density at radius 3 is 2.45 bits per heavy atom. The molecule has 0 unspecified atom stereocenters. The summed E-state index contributed by atoms with van der Waals surface area (Å²) in [5.74, 6) is -1.32. The van der Waals surface area contributed by atoms with Crippen LogP contribution in [0, 0.1) is 11.8 Å². The number of ether oxygens (including phenoxy) is 2. The summed E-state index contributed by atoms with van der Waals surface area (Å²) in [5.41, 5.74) is 0.366. The van der Waals surface area contributed by atoms with Crippen LogP contribution in [0.25, 0.3) is 0 Å². The number of hydrogen-bond donors (Lipinski definition) is 1. The molecule has 47 heavy (non-hydrogen) atoms. The number of nitrogens with zero attached hydrogens (tertiary/aromatic N) is 3. The molecule has 4 aliphatic rings. The molecule has 1 N–H and O–H groups in total. The Bertz CT molecular complexity index is 1710. The van der Waals surface area contributed by atoms with Gasteiger partial charge in [-0.05, 0) is 62.6 Å². The standard InChI is InChI=1S/C37H40FN3O6/c1-23-34(36(2,3)38)31(19-32(43)39-18-8-9-26(39)21-42)47-37(23)27-10-4-5-11-28(27)40(35(37)45)20-24-14-16-25(17-15-24)41-29-12-6-7-13-30(29)46-22-33(41)44/h4-7,10-17,23,26,31,34,42H,8-9,18-22H2,1-3H3/t23-,26-,31+,34-,37+/m0/s1. The van der Waals surface area contributed by atoms with E-state index in [1.807, 2.05) is 79.7 Å². The number of anilines is 3. The van der Waals surface area contributed by atoms with Gasteiger partial charge in [0.1, 0.15) is 11.4 Å². The van der Waals surface area contributed by atoms with Crippen molar-refractivity contribution in [3.63, 3.8) is 0 Å². The Morgan fingerprint density at radius 2 is 1.72 bits per heavy atom. The van der Waals surface area contributed by atoms with Crippen molar-refractivity contribution in [1.82, 2.24) is 4.90 Å². The first-order chi connectivity index (χ1) is 22.5. The second-order valence-corrected chi connectivity index (χ2v) is 13.6. The number of rotatable bonds is 7. The zero-order chi connectivity index (χ0) is 33.1. The topological polar surface area (TPSA) is 99.6 Å². The van der Waals surface area contributed by atoms with Crippen molar-refractivity contribution >= 4 is 34.8 Å². The number of alkyl halides is 1. The van der Waals surface area contributed by atoms with Gasteiger partial charge in [-0.3, -0.25) is 19.3 Å². The van der Waals surface area contributed by atoms with Gasteiger partial charge < -0.3 is 24.4 Å². The molecule has 3 amide bonds. The third kappa shape index (κ3) is 5.09. The van der Waals surface area contributed by atoms with Crippen molar-refractivity contribution in [3.05, 3.63) is 83.9 Å². The smallest absolute Gasteiger partial charge is 0.269 e. The third-order valence-corrected chi connectivity index (χ3v) is 10.4. The summed E-state index contributed by atoms with van der Waals surface area (Å²) in [6.45, 7) is 5.44. The molecule has 0 radical (unpaired) electrons. The van der Waals surface area contributed by atoms with Gasteiger partial charge in [0, 0.05) is 29.6 Å². The van der Waals surface area contributed by atoms with Crippen molar-refractivity contribution in [2.75, 3.05) is 29.6 Å². The van der Waals surface area contributed by atoms with Crippen LogP contribution in [0.5, 0.6) is 5.75 Å². The fourth-order valence-corrected chi connectivity index (χ4v) is 8.32. The largest absolute Gasteiger partial charge is 0.482 e. The van der Waals surface area contributed by atoms with Crippen LogP contribution in [0.3, 0.4) is 0 Å². The summed E-state index contributed by atoms with van der Waals surface area (Å²) in [6.07, 6.45) is 0.631. The quantitative estimate of drug-likeness (QED) is 0.378. The molecular formula is C37H40FN3O6. The maximum atomic E-state index is 16.1. The summed E-state index contributed by atoms with van der Waals surface area (Å²) in [7, 11) is 0. The number of fused-ring (bicyclic) bond motifs is 3. The lowest BCUT2D eigenvalue weighted by Crippen LogP contribution is -2.45. The van der Waals surface area contributed by atoms with Gasteiger partial charge in [0.2, 0.25) is 5.91 Å². The second-order valence-electron chi connectivity index (χ2n) is 13.6. The van der Waals surface area contributed by atoms with Gasteiger partial charge in [0.15, 0.2) is 12.2 Å². The van der Waals surface area contributed by atoms with Crippen molar-refractivity contribution in [3.8, 4) is 5.75 Å². The molecule has 0 bridgehead atoms. The predicted octanol–water partition coefficient (Wildman–Crippen LogP) is 5.26. The van der Waals surface area contributed by atoms with Crippen LogP contribution in [0.2, 0.25) is 0 Å². The van der Waals surface area contributed by atoms with E-state index in [1.54, 1.807) is 14.7 Å². The number of amides is 3. The van der Waals surface area contributed by atoms with Crippen LogP contribution in [-0.4, -0.2) is 65.3 Å². The Kier molecular flexibility index (Phi) is 7.83. The lowest BCUT2D eigenvalue weighted by Gasteiger charge is -2.33. The molecule has 1 spiro atoms. The fraction of sp³-hybridized carbons (Fsp3) is 0.432. The van der Waals surface area contributed by atoms with Gasteiger partial charge in [-0.15, -0.1) is 0 Å². The molecular weight excluding hydrogens is 601 g/mol. The number of carbonyl (C=O) groups is 3. The number of likely N-dealkylation sites (tertiary alicyclic amines) is 1. The zero-order valence-corrected chi connectivity index (χ0v) is 26.9. The second kappa shape index (κ2) is 11.8. The first-order valence-electron chi connectivity index (χ1n) is 16.4. The minimum Gasteiger partial charge on any atom is -0.482 e. The number of halogens is 1. The van der Waals surface area contributed by atoms with Crippen LogP contribution in [0.15, 0.2) is 72.8 Å². The highest BCUT2D eigenvalue weighted by atomic mass is 19.1. The minimum absolute atomic E-state index is 0.0542. The zero-order valence-electron chi connectivity index (χ0n) is 26.9. The van der Waals surface area contributed by atoms with E-state index in [9.17, 15) is 19.5 Å². The van der Waals surface area contributed by atoms with E-state index in [1.165, 1.54) is 13.8 Å². The number of carbonyl (C=O) groups excluding carboxylic acids is 3. The monoisotopic (exact) mass is 641 g/mol. The lowest BCUT2D eigenvalue weighted by atomic mass is 9.71. The fourth-order valence-electron chi connectivity index (χ4n) is 8.32. The van der Waals surface area contributed by atoms with Crippen molar-refractivity contribution in [1.29, 1.82) is 0 Å². The Labute approximate surface area is 273 Å². The van der Waals surface area contributed by atoms with Gasteiger partial charge in [-0.1, -0.05) is 49.4 Å². The molecule has 7 rings (SSSR count). The van der Waals surface area contributed by atoms with Crippen LogP contribution < -0.4 is 14.5 Å². The molecule has 4 aliphatic heterocycles. The molecule has 0 aliphatic carbocycles. The number of aliphatic hydroxyl groups is 1. The van der Waals surface area contributed by atoms with Crippen molar-refractivity contribution < 1.29 is 33.4 Å². The number of aliphatic hydroxyl groups excluding tert-OH is 1. The van der Waals surface area contributed by atoms with E-state index < -0.39 is 29.2 Å². The normalized spacial score (nSPS) is 27.0. The summed E-state index contributed by atoms with van der Waals surface area (Å²) in [5, 5.41) is 9.81. The van der Waals surface area contributed by atoms with Gasteiger partial charge >= 0.3 is 0 Å². The van der Waals surface area contributed by atoms with Gasteiger partial charge in [0.05, 0.1) is 43.1 Å². The number of hydrogen-bond acceptors (Lipinski definition) is 6. The highest BCUT2D eigenvalue weighted by Crippen LogP contribution is 2.58. The Balaban J connectivity index is 1.18. The molecule has 2 saturated heterocycles. The predicted molar refractivity (Wildman–Crippen MR) is 174 cm³/mol. The molecule has 9 nitrogen and oxygen atoms in total. The first-order valence-corrected chi connectivity index (χ1v) is 16.4. The minimum atomic E-state index is -1.73. The van der Waals surface area contributed by atoms with E-state index in [0.29, 0.717) is 34.9 Å². The number of benzene rings is 3. The molecule has 10 heteroatoms. The van der Waals surface area contributed by atoms with Crippen molar-refractivity contribution in [2.45, 2.75) is 70.0 Å². The molecule has 3 aromatic carbocycles. The highest BCUT2D eigenvalue weighted by molar-refractivity contribution is 6.08. The molecule has 2 fully saturated rings.